The molecule has 190 valence electrons. The Labute approximate surface area is 203 Å². The standard InChI is InChI=1S/C27H56O3Si2/c1-9-12-13-14-15-16-17-18-19-20-21-22-23-24-28-31(7,10-2)30-32(8,11-3)29-27(6)25-26(4)5/h10-11,26-27H,2-3,9,12-25H2,1,4-8H3. The zero-order chi connectivity index (χ0) is 24.3. The maximum atomic E-state index is 6.49. The van der Waals surface area contributed by atoms with Crippen LogP contribution in [-0.4, -0.2) is 29.8 Å². The molecule has 0 aliphatic heterocycles. The third kappa shape index (κ3) is 17.3. The van der Waals surface area contributed by atoms with Crippen LogP contribution in [-0.2, 0) is 13.0 Å². The van der Waals surface area contributed by atoms with Crippen molar-refractivity contribution in [3.63, 3.8) is 0 Å². The third-order valence-corrected chi connectivity index (χ3v) is 12.4. The summed E-state index contributed by atoms with van der Waals surface area (Å²) in [7, 11) is -4.95. The van der Waals surface area contributed by atoms with Gasteiger partial charge in [0.25, 0.3) is 0 Å². The number of unbranched alkanes of at least 4 members (excludes halogenated alkanes) is 12. The molecular formula is C27H56O3Si2. The SMILES string of the molecule is C=C[Si](C)(OCCCCCCCCCCCCCCC)O[Si](C)(C=C)OC(C)CC(C)C. The molecular weight excluding hydrogens is 428 g/mol. The molecule has 0 aliphatic rings. The van der Waals surface area contributed by atoms with Gasteiger partial charge in [-0.15, -0.1) is 13.2 Å². The monoisotopic (exact) mass is 484 g/mol. The number of hydrogen-bond acceptors (Lipinski definition) is 3. The predicted molar refractivity (Wildman–Crippen MR) is 146 cm³/mol. The van der Waals surface area contributed by atoms with Crippen LogP contribution in [0.1, 0.15) is 118 Å². The van der Waals surface area contributed by atoms with Crippen LogP contribution in [0.4, 0.5) is 0 Å². The molecule has 3 atom stereocenters. The van der Waals surface area contributed by atoms with E-state index in [9.17, 15) is 0 Å². The molecule has 0 heterocycles. The summed E-state index contributed by atoms with van der Waals surface area (Å²) in [5.74, 6) is 0.600. The second-order valence-corrected chi connectivity index (χ2v) is 16.4. The molecule has 3 nitrogen and oxygen atoms in total. The van der Waals surface area contributed by atoms with Crippen molar-refractivity contribution in [3.8, 4) is 0 Å². The fourth-order valence-electron chi connectivity index (χ4n) is 4.15. The average molecular weight is 485 g/mol. The van der Waals surface area contributed by atoms with Gasteiger partial charge in [0, 0.05) is 12.7 Å². The van der Waals surface area contributed by atoms with Gasteiger partial charge in [-0.25, -0.2) is 0 Å². The lowest BCUT2D eigenvalue weighted by molar-refractivity contribution is 0.139. The normalized spacial score (nSPS) is 16.5. The summed E-state index contributed by atoms with van der Waals surface area (Å²) in [4.78, 5) is 0. The van der Waals surface area contributed by atoms with Gasteiger partial charge in [-0.2, -0.15) is 0 Å². The zero-order valence-electron chi connectivity index (χ0n) is 22.6. The smallest absolute Gasteiger partial charge is 0.352 e. The van der Waals surface area contributed by atoms with Crippen LogP contribution < -0.4 is 0 Å². The van der Waals surface area contributed by atoms with E-state index >= 15 is 0 Å². The van der Waals surface area contributed by atoms with Crippen LogP contribution in [0, 0.1) is 5.92 Å². The van der Waals surface area contributed by atoms with Crippen molar-refractivity contribution in [3.05, 3.63) is 24.6 Å². The molecule has 0 amide bonds. The maximum absolute atomic E-state index is 6.49. The van der Waals surface area contributed by atoms with Crippen LogP contribution in [0.15, 0.2) is 24.6 Å². The highest BCUT2D eigenvalue weighted by Gasteiger charge is 2.40. The van der Waals surface area contributed by atoms with Crippen molar-refractivity contribution in [1.29, 1.82) is 0 Å². The molecule has 0 saturated heterocycles. The van der Waals surface area contributed by atoms with Crippen molar-refractivity contribution in [2.24, 2.45) is 5.92 Å². The molecule has 32 heavy (non-hydrogen) atoms. The van der Waals surface area contributed by atoms with Gasteiger partial charge in [-0.3, -0.25) is 0 Å². The maximum Gasteiger partial charge on any atom is 0.352 e. The second-order valence-electron chi connectivity index (χ2n) is 10.2. The molecule has 0 N–H and O–H groups in total. The molecule has 0 aliphatic carbocycles. The minimum Gasteiger partial charge on any atom is -0.409 e. The first kappa shape index (κ1) is 31.8. The Kier molecular flexibility index (Phi) is 19.0. The van der Waals surface area contributed by atoms with E-state index in [-0.39, 0.29) is 6.10 Å². The molecule has 0 rings (SSSR count). The molecule has 0 radical (unpaired) electrons. The Hall–Kier alpha value is -0.206. The van der Waals surface area contributed by atoms with Gasteiger partial charge in [-0.1, -0.05) is 109 Å². The largest absolute Gasteiger partial charge is 0.409 e. The Morgan fingerprint density at radius 2 is 1.12 bits per heavy atom. The molecule has 0 aromatic heterocycles. The lowest BCUT2D eigenvalue weighted by Gasteiger charge is -2.35. The molecule has 0 aromatic carbocycles. The first-order valence-electron chi connectivity index (χ1n) is 13.5. The highest BCUT2D eigenvalue weighted by atomic mass is 28.5. The van der Waals surface area contributed by atoms with E-state index in [1.54, 1.807) is 0 Å². The van der Waals surface area contributed by atoms with Gasteiger partial charge in [0.05, 0.1) is 0 Å². The summed E-state index contributed by atoms with van der Waals surface area (Å²) in [6, 6.07) is 0. The summed E-state index contributed by atoms with van der Waals surface area (Å²) < 4.78 is 19.1. The Morgan fingerprint density at radius 1 is 0.688 bits per heavy atom. The summed E-state index contributed by atoms with van der Waals surface area (Å²) in [6.45, 7) is 21.7. The van der Waals surface area contributed by atoms with E-state index in [4.69, 9.17) is 13.0 Å². The minimum atomic E-state index is -2.49. The quantitative estimate of drug-likeness (QED) is 0.107. The van der Waals surface area contributed by atoms with Crippen molar-refractivity contribution < 1.29 is 13.0 Å². The Bertz CT molecular complexity index is 472. The van der Waals surface area contributed by atoms with Crippen molar-refractivity contribution in [2.75, 3.05) is 6.61 Å². The zero-order valence-corrected chi connectivity index (χ0v) is 24.6. The van der Waals surface area contributed by atoms with Gasteiger partial charge in [0.2, 0.25) is 0 Å². The van der Waals surface area contributed by atoms with Gasteiger partial charge >= 0.3 is 17.1 Å². The van der Waals surface area contributed by atoms with Crippen LogP contribution >= 0.6 is 0 Å². The summed E-state index contributed by atoms with van der Waals surface area (Å²) in [5, 5.41) is 0. The van der Waals surface area contributed by atoms with Gasteiger partial charge in [0.15, 0.2) is 0 Å². The fraction of sp³-hybridized carbons (Fsp3) is 0.852. The van der Waals surface area contributed by atoms with E-state index in [0.717, 1.165) is 19.4 Å². The third-order valence-electron chi connectivity index (χ3n) is 6.02. The number of rotatable bonds is 23. The molecule has 5 heteroatoms. The molecule has 0 saturated carbocycles. The minimum absolute atomic E-state index is 0.161. The average Bonchev–Trinajstić information content (AvgIpc) is 2.73. The van der Waals surface area contributed by atoms with Gasteiger partial charge < -0.3 is 13.0 Å². The highest BCUT2D eigenvalue weighted by molar-refractivity contribution is 6.84. The van der Waals surface area contributed by atoms with Crippen LogP contribution in [0.3, 0.4) is 0 Å². The van der Waals surface area contributed by atoms with Crippen LogP contribution in [0.25, 0.3) is 0 Å². The molecule has 0 aromatic rings. The lowest BCUT2D eigenvalue weighted by atomic mass is 10.0. The van der Waals surface area contributed by atoms with Crippen molar-refractivity contribution >= 4 is 17.1 Å². The van der Waals surface area contributed by atoms with Gasteiger partial charge in [-0.05, 0) is 38.8 Å². The summed E-state index contributed by atoms with van der Waals surface area (Å²) in [5.41, 5.74) is 3.77. The predicted octanol–water partition coefficient (Wildman–Crippen LogP) is 9.16. The first-order valence-corrected chi connectivity index (χ1v) is 18.3. The van der Waals surface area contributed by atoms with Gasteiger partial charge in [0.1, 0.15) is 0 Å². The highest BCUT2D eigenvalue weighted by Crippen LogP contribution is 2.23. The van der Waals surface area contributed by atoms with E-state index < -0.39 is 17.1 Å². The molecule has 0 bridgehead atoms. The van der Waals surface area contributed by atoms with E-state index in [1.807, 2.05) is 11.4 Å². The van der Waals surface area contributed by atoms with E-state index in [2.05, 4.69) is 53.9 Å². The fourth-order valence-corrected chi connectivity index (χ4v) is 10.1. The number of hydrogen-bond donors (Lipinski definition) is 0. The van der Waals surface area contributed by atoms with E-state index in [0.29, 0.717) is 5.92 Å². The van der Waals surface area contributed by atoms with Crippen molar-refractivity contribution in [1.82, 2.24) is 0 Å². The lowest BCUT2D eigenvalue weighted by Crippen LogP contribution is -2.51. The molecule has 0 spiro atoms. The van der Waals surface area contributed by atoms with Crippen LogP contribution in [0.2, 0.25) is 13.1 Å². The van der Waals surface area contributed by atoms with Crippen molar-refractivity contribution in [2.45, 2.75) is 137 Å². The Morgan fingerprint density at radius 3 is 1.53 bits per heavy atom. The summed E-state index contributed by atoms with van der Waals surface area (Å²) >= 11 is 0. The Balaban J connectivity index is 3.98. The van der Waals surface area contributed by atoms with Crippen LogP contribution in [0.5, 0.6) is 0 Å². The second kappa shape index (κ2) is 19.1. The first-order chi connectivity index (χ1) is 15.2. The molecule has 3 unspecified atom stereocenters. The topological polar surface area (TPSA) is 27.7 Å². The van der Waals surface area contributed by atoms with E-state index in [1.165, 1.54) is 77.0 Å². The molecule has 0 fully saturated rings. The summed E-state index contributed by atoms with van der Waals surface area (Å²) in [6.07, 6.45) is 18.8.